The second kappa shape index (κ2) is 5.67. The highest BCUT2D eigenvalue weighted by Gasteiger charge is 2.19. The molecule has 1 aliphatic rings. The van der Waals surface area contributed by atoms with Gasteiger partial charge in [0.25, 0.3) is 0 Å². The molecule has 1 unspecified atom stereocenters. The van der Waals surface area contributed by atoms with Gasteiger partial charge in [0, 0.05) is 18.3 Å². The Hall–Kier alpha value is -1.81. The summed E-state index contributed by atoms with van der Waals surface area (Å²) < 4.78 is 13.2. The van der Waals surface area contributed by atoms with Crippen LogP contribution in [0.2, 0.25) is 0 Å². The van der Waals surface area contributed by atoms with Gasteiger partial charge in [-0.15, -0.1) is 0 Å². The van der Waals surface area contributed by atoms with Crippen molar-refractivity contribution in [1.82, 2.24) is 9.97 Å². The van der Waals surface area contributed by atoms with Gasteiger partial charge in [-0.2, -0.15) is 0 Å². The van der Waals surface area contributed by atoms with Gasteiger partial charge in [-0.1, -0.05) is 12.1 Å². The van der Waals surface area contributed by atoms with Gasteiger partial charge in [-0.05, 0) is 55.0 Å². The van der Waals surface area contributed by atoms with Crippen LogP contribution in [0, 0.1) is 11.7 Å². The zero-order valence-corrected chi connectivity index (χ0v) is 11.3. The Bertz CT molecular complexity index is 612. The number of benzene rings is 1. The topological polar surface area (TPSA) is 51.8 Å². The highest BCUT2D eigenvalue weighted by Crippen LogP contribution is 2.23. The maximum Gasteiger partial charge on any atom is 0.132 e. The number of halogens is 1. The van der Waals surface area contributed by atoms with Crippen LogP contribution >= 0.6 is 0 Å². The molecule has 1 aromatic carbocycles. The van der Waals surface area contributed by atoms with Crippen molar-refractivity contribution >= 4 is 0 Å². The standard InChI is InChI=1S/C16H18FN3/c17-14-3-1-2-11(7-14)8-16-19-10-13-6-12(9-18)4-5-15(13)20-16/h1-3,7,10,12H,4-6,8-9,18H2. The van der Waals surface area contributed by atoms with Crippen LogP contribution in [0.4, 0.5) is 4.39 Å². The number of nitrogens with two attached hydrogens (primary N) is 1. The summed E-state index contributed by atoms with van der Waals surface area (Å²) in [4.78, 5) is 9.04. The number of hydrogen-bond donors (Lipinski definition) is 1. The number of aryl methyl sites for hydroxylation is 1. The van der Waals surface area contributed by atoms with E-state index in [1.165, 1.54) is 17.7 Å². The SMILES string of the molecule is NCC1CCc2nc(Cc3cccc(F)c3)ncc2C1. The molecule has 1 aliphatic carbocycles. The summed E-state index contributed by atoms with van der Waals surface area (Å²) in [6.07, 6.45) is 5.53. The van der Waals surface area contributed by atoms with Crippen LogP contribution in [0.25, 0.3) is 0 Å². The summed E-state index contributed by atoms with van der Waals surface area (Å²) in [6.45, 7) is 0.727. The molecule has 0 saturated heterocycles. The first-order valence-corrected chi connectivity index (χ1v) is 7.03. The van der Waals surface area contributed by atoms with E-state index in [0.717, 1.165) is 42.9 Å². The molecule has 20 heavy (non-hydrogen) atoms. The highest BCUT2D eigenvalue weighted by atomic mass is 19.1. The van der Waals surface area contributed by atoms with Gasteiger partial charge >= 0.3 is 0 Å². The zero-order valence-electron chi connectivity index (χ0n) is 11.3. The molecule has 0 amide bonds. The Kier molecular flexibility index (Phi) is 3.74. The number of hydrogen-bond acceptors (Lipinski definition) is 3. The summed E-state index contributed by atoms with van der Waals surface area (Å²) in [6, 6.07) is 6.60. The lowest BCUT2D eigenvalue weighted by molar-refractivity contribution is 0.460. The highest BCUT2D eigenvalue weighted by molar-refractivity contribution is 5.25. The Morgan fingerprint density at radius 1 is 1.35 bits per heavy atom. The molecular formula is C16H18FN3. The summed E-state index contributed by atoms with van der Waals surface area (Å²) in [5.74, 6) is 1.10. The van der Waals surface area contributed by atoms with E-state index in [1.807, 2.05) is 12.3 Å². The van der Waals surface area contributed by atoms with Crippen molar-refractivity contribution in [1.29, 1.82) is 0 Å². The van der Waals surface area contributed by atoms with E-state index in [1.54, 1.807) is 6.07 Å². The van der Waals surface area contributed by atoms with Crippen LogP contribution in [0.1, 0.15) is 29.1 Å². The van der Waals surface area contributed by atoms with Crippen molar-refractivity contribution in [3.63, 3.8) is 0 Å². The first-order valence-electron chi connectivity index (χ1n) is 7.03. The molecular weight excluding hydrogens is 253 g/mol. The maximum absolute atomic E-state index is 13.2. The molecule has 3 nitrogen and oxygen atoms in total. The van der Waals surface area contributed by atoms with Crippen LogP contribution < -0.4 is 5.73 Å². The average molecular weight is 271 g/mol. The van der Waals surface area contributed by atoms with Crippen LogP contribution in [-0.4, -0.2) is 16.5 Å². The molecule has 0 fully saturated rings. The molecule has 4 heteroatoms. The number of fused-ring (bicyclic) bond motifs is 1. The summed E-state index contributed by atoms with van der Waals surface area (Å²) in [5, 5.41) is 0. The van der Waals surface area contributed by atoms with Crippen molar-refractivity contribution in [2.75, 3.05) is 6.54 Å². The molecule has 0 aliphatic heterocycles. The first kappa shape index (κ1) is 13.2. The van der Waals surface area contributed by atoms with Gasteiger partial charge in [-0.3, -0.25) is 0 Å². The maximum atomic E-state index is 13.2. The smallest absolute Gasteiger partial charge is 0.132 e. The lowest BCUT2D eigenvalue weighted by Crippen LogP contribution is -2.23. The molecule has 104 valence electrons. The predicted octanol–water partition coefficient (Wildman–Crippen LogP) is 2.27. The molecule has 1 atom stereocenters. The Morgan fingerprint density at radius 3 is 3.05 bits per heavy atom. The lowest BCUT2D eigenvalue weighted by atomic mass is 9.87. The van der Waals surface area contributed by atoms with E-state index in [4.69, 9.17) is 5.73 Å². The van der Waals surface area contributed by atoms with Crippen molar-refractivity contribution in [3.8, 4) is 0 Å². The molecule has 0 bridgehead atoms. The van der Waals surface area contributed by atoms with Gasteiger partial charge in [0.1, 0.15) is 11.6 Å². The van der Waals surface area contributed by atoms with E-state index in [9.17, 15) is 4.39 Å². The summed E-state index contributed by atoms with van der Waals surface area (Å²) >= 11 is 0. The third kappa shape index (κ3) is 2.85. The van der Waals surface area contributed by atoms with Crippen molar-refractivity contribution < 1.29 is 4.39 Å². The summed E-state index contributed by atoms with van der Waals surface area (Å²) in [5.41, 5.74) is 8.99. The van der Waals surface area contributed by atoms with Crippen molar-refractivity contribution in [2.24, 2.45) is 11.7 Å². The lowest BCUT2D eigenvalue weighted by Gasteiger charge is -2.22. The van der Waals surface area contributed by atoms with Crippen molar-refractivity contribution in [3.05, 3.63) is 58.9 Å². The van der Waals surface area contributed by atoms with Crippen LogP contribution in [0.3, 0.4) is 0 Å². The van der Waals surface area contributed by atoms with Crippen molar-refractivity contribution in [2.45, 2.75) is 25.7 Å². The van der Waals surface area contributed by atoms with Gasteiger partial charge in [-0.25, -0.2) is 14.4 Å². The number of aromatic nitrogens is 2. The molecule has 0 radical (unpaired) electrons. The third-order valence-electron chi connectivity index (χ3n) is 3.89. The molecule has 0 saturated carbocycles. The van der Waals surface area contributed by atoms with Crippen LogP contribution in [0.15, 0.2) is 30.5 Å². The van der Waals surface area contributed by atoms with E-state index in [-0.39, 0.29) is 5.82 Å². The third-order valence-corrected chi connectivity index (χ3v) is 3.89. The molecule has 1 aromatic heterocycles. The van der Waals surface area contributed by atoms with Gasteiger partial charge in [0.05, 0.1) is 0 Å². The molecule has 3 rings (SSSR count). The Morgan fingerprint density at radius 2 is 2.25 bits per heavy atom. The Labute approximate surface area is 118 Å². The van der Waals surface area contributed by atoms with E-state index in [0.29, 0.717) is 12.3 Å². The summed E-state index contributed by atoms with van der Waals surface area (Å²) in [7, 11) is 0. The average Bonchev–Trinajstić information content (AvgIpc) is 2.47. The zero-order chi connectivity index (χ0) is 13.9. The van der Waals surface area contributed by atoms with Gasteiger partial charge < -0.3 is 5.73 Å². The predicted molar refractivity (Wildman–Crippen MR) is 75.8 cm³/mol. The normalized spacial score (nSPS) is 17.8. The second-order valence-electron chi connectivity index (χ2n) is 5.41. The van der Waals surface area contributed by atoms with Gasteiger partial charge in [0.2, 0.25) is 0 Å². The second-order valence-corrected chi connectivity index (χ2v) is 5.41. The minimum absolute atomic E-state index is 0.216. The molecule has 2 aromatic rings. The molecule has 0 spiro atoms. The van der Waals surface area contributed by atoms with Gasteiger partial charge in [0.15, 0.2) is 0 Å². The van der Waals surface area contributed by atoms with Crippen LogP contribution in [-0.2, 0) is 19.3 Å². The Balaban J connectivity index is 1.79. The largest absolute Gasteiger partial charge is 0.330 e. The monoisotopic (exact) mass is 271 g/mol. The number of rotatable bonds is 3. The fourth-order valence-electron chi connectivity index (χ4n) is 2.74. The molecule has 1 heterocycles. The van der Waals surface area contributed by atoms with E-state index < -0.39 is 0 Å². The fraction of sp³-hybridized carbons (Fsp3) is 0.375. The minimum atomic E-state index is -0.216. The van der Waals surface area contributed by atoms with Crippen LogP contribution in [0.5, 0.6) is 0 Å². The first-order chi connectivity index (χ1) is 9.74. The molecule has 2 N–H and O–H groups in total. The minimum Gasteiger partial charge on any atom is -0.330 e. The number of nitrogens with zero attached hydrogens (tertiary/aromatic N) is 2. The quantitative estimate of drug-likeness (QED) is 0.931. The van der Waals surface area contributed by atoms with E-state index >= 15 is 0 Å². The van der Waals surface area contributed by atoms with E-state index in [2.05, 4.69) is 9.97 Å². The fourth-order valence-corrected chi connectivity index (χ4v) is 2.74.